The number of anilines is 1. The number of carbonyl (C=O) groups is 1. The number of fused-ring (bicyclic) bond motifs is 1. The minimum absolute atomic E-state index is 0.311. The number of pyridine rings is 1. The quantitative estimate of drug-likeness (QED) is 0.616. The Kier molecular flexibility index (Phi) is 3.76. The lowest BCUT2D eigenvalue weighted by atomic mass is 10.1. The highest BCUT2D eigenvalue weighted by atomic mass is 19.1. The molecule has 4 aromatic rings. The molecular formula is C19H16FN5O. The summed E-state index contributed by atoms with van der Waals surface area (Å²) >= 11 is 0. The van der Waals surface area contributed by atoms with Gasteiger partial charge in [0.2, 0.25) is 0 Å². The molecule has 3 heterocycles. The van der Waals surface area contributed by atoms with Gasteiger partial charge in [-0.1, -0.05) is 6.07 Å². The molecule has 0 fully saturated rings. The topological polar surface area (TPSA) is 64.2 Å². The SMILES string of the molecule is Cc1cccc2nc(C(=O)Nc3c(-c4ccc(F)cc4)ncn3C)cn12. The van der Waals surface area contributed by atoms with Crippen LogP contribution in [-0.2, 0) is 7.05 Å². The average molecular weight is 349 g/mol. The maximum absolute atomic E-state index is 13.2. The van der Waals surface area contributed by atoms with Crippen LogP contribution in [-0.4, -0.2) is 24.8 Å². The van der Waals surface area contributed by atoms with Crippen LogP contribution in [0.25, 0.3) is 16.9 Å². The molecule has 0 bridgehead atoms. The summed E-state index contributed by atoms with van der Waals surface area (Å²) in [5, 5.41) is 2.86. The maximum Gasteiger partial charge on any atom is 0.277 e. The van der Waals surface area contributed by atoms with Crippen LogP contribution in [0.3, 0.4) is 0 Å². The van der Waals surface area contributed by atoms with E-state index in [2.05, 4.69) is 15.3 Å². The second-order valence-corrected chi connectivity index (χ2v) is 6.04. The Morgan fingerprint density at radius 1 is 1.15 bits per heavy atom. The Hall–Kier alpha value is -3.48. The highest BCUT2D eigenvalue weighted by Gasteiger charge is 2.17. The van der Waals surface area contributed by atoms with Gasteiger partial charge in [-0.05, 0) is 43.3 Å². The van der Waals surface area contributed by atoms with Gasteiger partial charge in [-0.2, -0.15) is 0 Å². The van der Waals surface area contributed by atoms with Crippen molar-refractivity contribution in [3.63, 3.8) is 0 Å². The van der Waals surface area contributed by atoms with E-state index in [1.54, 1.807) is 36.3 Å². The smallest absolute Gasteiger partial charge is 0.277 e. The van der Waals surface area contributed by atoms with Crippen molar-refractivity contribution in [3.05, 3.63) is 72.2 Å². The van der Waals surface area contributed by atoms with Crippen LogP contribution in [0.4, 0.5) is 10.2 Å². The van der Waals surface area contributed by atoms with Gasteiger partial charge in [0, 0.05) is 24.5 Å². The first-order chi connectivity index (χ1) is 12.5. The summed E-state index contributed by atoms with van der Waals surface area (Å²) in [6, 6.07) is 11.7. The highest BCUT2D eigenvalue weighted by molar-refractivity contribution is 6.04. The zero-order valence-corrected chi connectivity index (χ0v) is 14.3. The summed E-state index contributed by atoms with van der Waals surface area (Å²) in [4.78, 5) is 21.4. The van der Waals surface area contributed by atoms with Crippen molar-refractivity contribution in [2.24, 2.45) is 7.05 Å². The van der Waals surface area contributed by atoms with Crippen molar-refractivity contribution in [1.82, 2.24) is 18.9 Å². The molecule has 0 saturated carbocycles. The molecule has 0 atom stereocenters. The molecule has 0 spiro atoms. The molecule has 1 N–H and O–H groups in total. The van der Waals surface area contributed by atoms with Gasteiger partial charge in [0.05, 0.1) is 6.33 Å². The second-order valence-electron chi connectivity index (χ2n) is 6.04. The Balaban J connectivity index is 1.68. The lowest BCUT2D eigenvalue weighted by molar-refractivity contribution is 0.102. The van der Waals surface area contributed by atoms with Crippen LogP contribution in [0.15, 0.2) is 55.0 Å². The number of halogens is 1. The van der Waals surface area contributed by atoms with Crippen LogP contribution in [0.2, 0.25) is 0 Å². The van der Waals surface area contributed by atoms with Crippen molar-refractivity contribution < 1.29 is 9.18 Å². The van der Waals surface area contributed by atoms with E-state index in [1.807, 2.05) is 29.5 Å². The van der Waals surface area contributed by atoms with E-state index in [0.29, 0.717) is 28.4 Å². The molecule has 0 aliphatic heterocycles. The summed E-state index contributed by atoms with van der Waals surface area (Å²) in [5.41, 5.74) is 3.29. The molecule has 1 aromatic carbocycles. The van der Waals surface area contributed by atoms with Crippen molar-refractivity contribution in [3.8, 4) is 11.3 Å². The van der Waals surface area contributed by atoms with Gasteiger partial charge in [-0.3, -0.25) is 4.79 Å². The van der Waals surface area contributed by atoms with E-state index in [-0.39, 0.29) is 11.7 Å². The number of amides is 1. The van der Waals surface area contributed by atoms with E-state index in [9.17, 15) is 9.18 Å². The number of nitrogens with zero attached hydrogens (tertiary/aromatic N) is 4. The fourth-order valence-electron chi connectivity index (χ4n) is 2.83. The van der Waals surface area contributed by atoms with Gasteiger partial charge in [0.15, 0.2) is 0 Å². The third kappa shape index (κ3) is 2.73. The standard InChI is InChI=1S/C19H16FN5O/c1-12-4-3-5-16-22-15(10-25(12)16)19(26)23-18-17(21-11-24(18)2)13-6-8-14(20)9-7-13/h3-11H,1-2H3,(H,23,26). The third-order valence-electron chi connectivity index (χ3n) is 4.22. The molecule has 1 amide bonds. The van der Waals surface area contributed by atoms with Crippen LogP contribution < -0.4 is 5.32 Å². The Morgan fingerprint density at radius 3 is 2.65 bits per heavy atom. The van der Waals surface area contributed by atoms with Crippen molar-refractivity contribution in [2.75, 3.05) is 5.32 Å². The van der Waals surface area contributed by atoms with Crippen molar-refractivity contribution in [2.45, 2.75) is 6.92 Å². The minimum atomic E-state index is -0.333. The van der Waals surface area contributed by atoms with Crippen LogP contribution in [0.1, 0.15) is 16.2 Å². The Labute approximate surface area is 148 Å². The number of rotatable bonds is 3. The van der Waals surface area contributed by atoms with Crippen LogP contribution in [0.5, 0.6) is 0 Å². The number of aromatic nitrogens is 4. The number of hydrogen-bond donors (Lipinski definition) is 1. The van der Waals surface area contributed by atoms with Crippen LogP contribution in [0, 0.1) is 12.7 Å². The van der Waals surface area contributed by atoms with Gasteiger partial charge in [0.25, 0.3) is 5.91 Å². The molecule has 0 aliphatic rings. The zero-order chi connectivity index (χ0) is 18.3. The number of nitrogens with one attached hydrogen (secondary N) is 1. The lowest BCUT2D eigenvalue weighted by Crippen LogP contribution is -2.15. The minimum Gasteiger partial charge on any atom is -0.320 e. The van der Waals surface area contributed by atoms with Crippen LogP contribution >= 0.6 is 0 Å². The van der Waals surface area contributed by atoms with Crippen molar-refractivity contribution in [1.29, 1.82) is 0 Å². The average Bonchev–Trinajstić information content (AvgIpc) is 3.21. The fourth-order valence-corrected chi connectivity index (χ4v) is 2.83. The molecule has 0 unspecified atom stereocenters. The monoisotopic (exact) mass is 349 g/mol. The fraction of sp³-hybridized carbons (Fsp3) is 0.105. The number of imidazole rings is 2. The summed E-state index contributed by atoms with van der Waals surface area (Å²) in [5.74, 6) is -0.134. The summed E-state index contributed by atoms with van der Waals surface area (Å²) in [6.45, 7) is 1.95. The van der Waals surface area contributed by atoms with E-state index >= 15 is 0 Å². The zero-order valence-electron chi connectivity index (χ0n) is 14.3. The molecule has 3 aromatic heterocycles. The van der Waals surface area contributed by atoms with E-state index in [1.165, 1.54) is 12.1 Å². The Morgan fingerprint density at radius 2 is 1.92 bits per heavy atom. The molecule has 7 heteroatoms. The molecule has 26 heavy (non-hydrogen) atoms. The number of carbonyl (C=O) groups excluding carboxylic acids is 1. The normalized spacial score (nSPS) is 11.0. The number of benzene rings is 1. The number of hydrogen-bond acceptors (Lipinski definition) is 3. The van der Waals surface area contributed by atoms with Gasteiger partial charge < -0.3 is 14.3 Å². The molecule has 0 radical (unpaired) electrons. The molecular weight excluding hydrogens is 333 g/mol. The summed E-state index contributed by atoms with van der Waals surface area (Å²) in [6.07, 6.45) is 3.30. The van der Waals surface area contributed by atoms with E-state index in [0.717, 1.165) is 5.69 Å². The summed E-state index contributed by atoms with van der Waals surface area (Å²) < 4.78 is 16.7. The maximum atomic E-state index is 13.2. The van der Waals surface area contributed by atoms with Gasteiger partial charge in [0.1, 0.15) is 28.7 Å². The van der Waals surface area contributed by atoms with Crippen molar-refractivity contribution >= 4 is 17.4 Å². The predicted octanol–water partition coefficient (Wildman–Crippen LogP) is 3.43. The first kappa shape index (κ1) is 16.0. The predicted molar refractivity (Wildman–Crippen MR) is 96.5 cm³/mol. The molecule has 0 aliphatic carbocycles. The van der Waals surface area contributed by atoms with E-state index in [4.69, 9.17) is 0 Å². The largest absolute Gasteiger partial charge is 0.320 e. The molecule has 130 valence electrons. The molecule has 4 rings (SSSR count). The third-order valence-corrected chi connectivity index (χ3v) is 4.22. The summed E-state index contributed by atoms with van der Waals surface area (Å²) in [7, 11) is 1.78. The first-order valence-electron chi connectivity index (χ1n) is 8.06. The first-order valence-corrected chi connectivity index (χ1v) is 8.06. The highest BCUT2D eigenvalue weighted by Crippen LogP contribution is 2.26. The number of aryl methyl sites for hydroxylation is 2. The van der Waals surface area contributed by atoms with Gasteiger partial charge in [-0.25, -0.2) is 14.4 Å². The van der Waals surface area contributed by atoms with Gasteiger partial charge in [-0.15, -0.1) is 0 Å². The van der Waals surface area contributed by atoms with E-state index < -0.39 is 0 Å². The Bertz CT molecular complexity index is 1110. The van der Waals surface area contributed by atoms with Gasteiger partial charge >= 0.3 is 0 Å². The lowest BCUT2D eigenvalue weighted by Gasteiger charge is -2.07. The second kappa shape index (κ2) is 6.11. The molecule has 0 saturated heterocycles. The molecule has 6 nitrogen and oxygen atoms in total.